The fourth-order valence-corrected chi connectivity index (χ4v) is 5.49. The van der Waals surface area contributed by atoms with Gasteiger partial charge < -0.3 is 0 Å². The number of nitrogen functional groups attached to an aromatic ring is 1. The van der Waals surface area contributed by atoms with Crippen LogP contribution in [0, 0.1) is 0 Å². The first kappa shape index (κ1) is 19.8. The molecule has 0 spiro atoms. The number of rotatable bonds is 5. The average molecular weight is 574 g/mol. The third-order valence-electron chi connectivity index (χ3n) is 4.06. The number of halogens is 2. The molecule has 27 heavy (non-hydrogen) atoms. The summed E-state index contributed by atoms with van der Waals surface area (Å²) in [5, 5.41) is 0. The van der Waals surface area contributed by atoms with Crippen molar-refractivity contribution in [2.24, 2.45) is 0 Å². The molecule has 2 N–H and O–H groups in total. The monoisotopic (exact) mass is 574 g/mol. The maximum atomic E-state index is 15.0. The molecule has 0 amide bonds. The van der Waals surface area contributed by atoms with Crippen LogP contribution < -0.4 is 14.7 Å². The normalized spacial score (nSPS) is 23.9. The van der Waals surface area contributed by atoms with Crippen LogP contribution in [0.4, 0.5) is 19.4 Å². The number of hydrogen-bond donors (Lipinski definition) is 1. The van der Waals surface area contributed by atoms with Crippen LogP contribution in [0.25, 0.3) is 0 Å². The second-order valence-electron chi connectivity index (χ2n) is 5.90. The van der Waals surface area contributed by atoms with Gasteiger partial charge in [0.25, 0.3) is 0 Å². The van der Waals surface area contributed by atoms with Gasteiger partial charge in [0.05, 0.1) is 0 Å². The van der Waals surface area contributed by atoms with E-state index in [1.165, 1.54) is 6.07 Å². The molecule has 1 saturated heterocycles. The minimum absolute atomic E-state index is 0.0803. The predicted octanol–water partition coefficient (Wildman–Crippen LogP) is 1.30. The molecule has 1 aromatic heterocycles. The van der Waals surface area contributed by atoms with Crippen LogP contribution in [0.1, 0.15) is 19.6 Å². The minimum atomic E-state index is -3.59. The first-order chi connectivity index (χ1) is 12.8. The Morgan fingerprint density at radius 2 is 2.07 bits per heavy atom. The summed E-state index contributed by atoms with van der Waals surface area (Å²) in [6, 6.07) is 10.2. The van der Waals surface area contributed by atoms with Crippen LogP contribution in [0.5, 0.6) is 0 Å². The van der Waals surface area contributed by atoms with Crippen LogP contribution in [0.15, 0.2) is 47.4 Å². The van der Waals surface area contributed by atoms with Crippen molar-refractivity contribution in [3.8, 4) is 0 Å². The Morgan fingerprint density at radius 1 is 1.37 bits per heavy atom. The molecule has 0 bridgehead atoms. The van der Waals surface area contributed by atoms with Gasteiger partial charge in [-0.05, 0) is 0 Å². The maximum absolute atomic E-state index is 15.0. The fourth-order valence-electron chi connectivity index (χ4n) is 2.78. The third-order valence-corrected chi connectivity index (χ3v) is 7.34. The molecule has 1 aliphatic rings. The molecule has 1 fully saturated rings. The van der Waals surface area contributed by atoms with E-state index >= 15 is 0 Å². The predicted molar refractivity (Wildman–Crippen MR) is 94.2 cm³/mol. The van der Waals surface area contributed by atoms with Crippen molar-refractivity contribution >= 4 is 36.0 Å². The van der Waals surface area contributed by atoms with Gasteiger partial charge in [-0.1, -0.05) is 0 Å². The van der Waals surface area contributed by atoms with Gasteiger partial charge in [-0.3, -0.25) is 0 Å². The molecular formula is C17H17BiF2N3O4. The van der Waals surface area contributed by atoms with Crippen molar-refractivity contribution in [1.29, 1.82) is 0 Å². The van der Waals surface area contributed by atoms with Crippen molar-refractivity contribution in [1.82, 2.24) is 9.55 Å². The number of aromatic nitrogens is 2. The third kappa shape index (κ3) is 4.16. The number of alkyl halides is 2. The summed E-state index contributed by atoms with van der Waals surface area (Å²) in [6.45, 7) is 1.64. The Bertz CT molecular complexity index is 878. The average Bonchev–Trinajstić information content (AvgIpc) is 2.86. The van der Waals surface area contributed by atoms with E-state index in [1.807, 2.05) is 6.07 Å². The molecule has 1 radical (unpaired) electrons. The quantitative estimate of drug-likeness (QED) is 0.542. The summed E-state index contributed by atoms with van der Waals surface area (Å²) in [5.41, 5.74) is 4.44. The summed E-state index contributed by atoms with van der Waals surface area (Å²) >= 11 is -1.96. The Balaban J connectivity index is 1.82. The van der Waals surface area contributed by atoms with Gasteiger partial charge in [0, 0.05) is 0 Å². The van der Waals surface area contributed by atoms with Gasteiger partial charge in [-0.25, -0.2) is 0 Å². The van der Waals surface area contributed by atoms with Gasteiger partial charge in [-0.15, -0.1) is 0 Å². The number of carbonyl (C=O) groups is 1. The van der Waals surface area contributed by atoms with Crippen LogP contribution in [-0.2, 0) is 9.47 Å². The van der Waals surface area contributed by atoms with E-state index in [1.54, 1.807) is 31.2 Å². The Labute approximate surface area is 165 Å². The van der Waals surface area contributed by atoms with Crippen molar-refractivity contribution < 1.29 is 23.0 Å². The van der Waals surface area contributed by atoms with Gasteiger partial charge in [0.15, 0.2) is 0 Å². The Morgan fingerprint density at radius 3 is 2.70 bits per heavy atom. The zero-order chi connectivity index (χ0) is 19.6. The van der Waals surface area contributed by atoms with E-state index in [2.05, 4.69) is 4.98 Å². The van der Waals surface area contributed by atoms with E-state index in [-0.39, 0.29) is 12.2 Å². The molecule has 0 unspecified atom stereocenters. The molecule has 0 saturated carbocycles. The van der Waals surface area contributed by atoms with Gasteiger partial charge in [0.2, 0.25) is 0 Å². The molecule has 1 aliphatic heterocycles. The zero-order valence-electron chi connectivity index (χ0n) is 14.3. The Kier molecular flexibility index (Phi) is 5.86. The number of anilines is 1. The second kappa shape index (κ2) is 7.98. The molecule has 143 valence electrons. The molecule has 2 aromatic rings. The fraction of sp³-hybridized carbons (Fsp3) is 0.353. The summed E-state index contributed by atoms with van der Waals surface area (Å²) in [5.74, 6) is -3.67. The van der Waals surface area contributed by atoms with Crippen LogP contribution in [-0.4, -0.2) is 54.6 Å². The molecule has 3 rings (SSSR count). The first-order valence-electron chi connectivity index (χ1n) is 8.18. The van der Waals surface area contributed by atoms with E-state index in [0.29, 0.717) is 4.57 Å². The molecular weight excluding hydrogens is 557 g/mol. The number of nitrogens with two attached hydrogens (primary N) is 1. The Hall–Kier alpha value is -1.93. The molecule has 2 heterocycles. The molecule has 3 atom stereocenters. The summed E-state index contributed by atoms with van der Waals surface area (Å²) in [6.07, 6.45) is -3.42. The number of hydrogen-bond acceptors (Lipinski definition) is 6. The summed E-state index contributed by atoms with van der Waals surface area (Å²) in [4.78, 5) is 27.6. The van der Waals surface area contributed by atoms with Gasteiger partial charge in [0.1, 0.15) is 0 Å². The number of ether oxygens (including phenoxy) is 2. The molecule has 10 heteroatoms. The molecule has 7 nitrogen and oxygen atoms in total. The van der Waals surface area contributed by atoms with E-state index in [0.717, 1.165) is 9.47 Å². The number of nitrogens with zero attached hydrogens (tertiary/aromatic N) is 2. The van der Waals surface area contributed by atoms with Crippen LogP contribution in [0.3, 0.4) is 0 Å². The topological polar surface area (TPSA) is 96.4 Å². The van der Waals surface area contributed by atoms with Crippen molar-refractivity contribution in [2.45, 2.75) is 37.7 Å². The van der Waals surface area contributed by atoms with Crippen molar-refractivity contribution in [3.63, 3.8) is 0 Å². The standard InChI is InChI=1S/C11H12F2N3O4.C6H5.Bi/c1-2-6-8(19-5-17)11(12,13)9(20-6)16-4-3-7(14)15-10(16)18;1-2-4-6-5-3-1;/h3-4,6,8-9H,2H2,1H3,(H2,14,15,18);1-5H;/t6-,8+,9-;;/m1../s1. The van der Waals surface area contributed by atoms with Crippen molar-refractivity contribution in [2.75, 3.05) is 5.73 Å². The van der Waals surface area contributed by atoms with Crippen LogP contribution >= 0.6 is 0 Å². The first-order valence-corrected chi connectivity index (χ1v) is 11.7. The second-order valence-corrected chi connectivity index (χ2v) is 10.2. The van der Waals surface area contributed by atoms with Crippen LogP contribution in [0.2, 0.25) is 0 Å². The number of benzene rings is 1. The number of carbonyl (C=O) groups excluding carboxylic acids is 1. The summed E-state index contributed by atoms with van der Waals surface area (Å²) in [7, 11) is 0. The molecule has 1 aromatic carbocycles. The van der Waals surface area contributed by atoms with E-state index in [9.17, 15) is 18.4 Å². The van der Waals surface area contributed by atoms with E-state index < -0.39 is 57.0 Å². The summed E-state index contributed by atoms with van der Waals surface area (Å²) < 4.78 is 41.4. The van der Waals surface area contributed by atoms with Gasteiger partial charge >= 0.3 is 165 Å². The SMILES string of the molecule is CC[C@H]1O[C@@H](n2ccc(N)nc2=O)C(F)(F)[C@H]1O[C](=O)[Bi][c]1ccccc1. The zero-order valence-corrected chi connectivity index (χ0v) is 17.8. The van der Waals surface area contributed by atoms with E-state index in [4.69, 9.17) is 15.2 Å². The van der Waals surface area contributed by atoms with Gasteiger partial charge in [-0.2, -0.15) is 0 Å². The van der Waals surface area contributed by atoms with Crippen molar-refractivity contribution in [3.05, 3.63) is 53.1 Å². The molecule has 0 aliphatic carbocycles.